The summed E-state index contributed by atoms with van der Waals surface area (Å²) in [5, 5.41) is 11.6. The summed E-state index contributed by atoms with van der Waals surface area (Å²) in [4.78, 5) is 12.0. The van der Waals surface area contributed by atoms with Gasteiger partial charge >= 0.3 is 0 Å². The lowest BCUT2D eigenvalue weighted by Gasteiger charge is -2.12. The molecule has 0 spiro atoms. The quantitative estimate of drug-likeness (QED) is 0.758. The van der Waals surface area contributed by atoms with Crippen molar-refractivity contribution in [2.75, 3.05) is 19.0 Å². The number of nitriles is 1. The lowest BCUT2D eigenvalue weighted by molar-refractivity contribution is -0.111. The second kappa shape index (κ2) is 9.28. The van der Waals surface area contributed by atoms with Gasteiger partial charge in [-0.2, -0.15) is 5.26 Å². The van der Waals surface area contributed by atoms with E-state index in [9.17, 15) is 4.79 Å². The summed E-state index contributed by atoms with van der Waals surface area (Å²) in [5.74, 6) is 1.44. The predicted molar refractivity (Wildman–Crippen MR) is 102 cm³/mol. The molecule has 2 aromatic carbocycles. The zero-order chi connectivity index (χ0) is 18.9. The maximum Gasteiger partial charge on any atom is 0.248 e. The van der Waals surface area contributed by atoms with Crippen LogP contribution in [0.5, 0.6) is 11.5 Å². The van der Waals surface area contributed by atoms with Crippen LogP contribution in [0.4, 0.5) is 5.69 Å². The standard InChI is InChI=1S/C21H22N2O3/c1-15(2)14-26-19-9-7-16(12-20(19)25-3)8-10-21(24)23-18-6-4-5-17(11-18)13-22/h4-12,15H,14H2,1-3H3,(H,23,24). The fourth-order valence-electron chi connectivity index (χ4n) is 2.19. The number of benzene rings is 2. The van der Waals surface area contributed by atoms with Gasteiger partial charge in [0.1, 0.15) is 0 Å². The van der Waals surface area contributed by atoms with Crippen molar-refractivity contribution in [3.05, 3.63) is 59.7 Å². The fraction of sp³-hybridized carbons (Fsp3) is 0.238. The molecule has 0 atom stereocenters. The molecule has 0 saturated carbocycles. The molecular weight excluding hydrogens is 328 g/mol. The maximum atomic E-state index is 12.0. The van der Waals surface area contributed by atoms with Gasteiger partial charge in [0, 0.05) is 11.8 Å². The number of ether oxygens (including phenoxy) is 2. The summed E-state index contributed by atoms with van der Waals surface area (Å²) in [6.45, 7) is 4.76. The van der Waals surface area contributed by atoms with Crippen LogP contribution < -0.4 is 14.8 Å². The van der Waals surface area contributed by atoms with E-state index < -0.39 is 0 Å². The Morgan fingerprint density at radius 3 is 2.73 bits per heavy atom. The van der Waals surface area contributed by atoms with E-state index in [1.54, 1.807) is 37.5 Å². The Bertz CT molecular complexity index is 835. The molecule has 0 aliphatic rings. The van der Waals surface area contributed by atoms with Crippen LogP contribution in [0.2, 0.25) is 0 Å². The van der Waals surface area contributed by atoms with Crippen molar-refractivity contribution < 1.29 is 14.3 Å². The van der Waals surface area contributed by atoms with E-state index in [1.165, 1.54) is 6.08 Å². The molecule has 0 heterocycles. The smallest absolute Gasteiger partial charge is 0.248 e. The summed E-state index contributed by atoms with van der Waals surface area (Å²) < 4.78 is 11.1. The highest BCUT2D eigenvalue weighted by Gasteiger charge is 2.06. The molecule has 0 aliphatic carbocycles. The highest BCUT2D eigenvalue weighted by atomic mass is 16.5. The van der Waals surface area contributed by atoms with Gasteiger partial charge in [0.05, 0.1) is 25.3 Å². The van der Waals surface area contributed by atoms with E-state index in [4.69, 9.17) is 14.7 Å². The zero-order valence-corrected chi connectivity index (χ0v) is 15.2. The molecule has 0 fully saturated rings. The van der Waals surface area contributed by atoms with Gasteiger partial charge < -0.3 is 14.8 Å². The van der Waals surface area contributed by atoms with Gasteiger partial charge in [-0.1, -0.05) is 26.0 Å². The average molecular weight is 350 g/mol. The summed E-state index contributed by atoms with van der Waals surface area (Å²) in [5.41, 5.74) is 1.89. The van der Waals surface area contributed by atoms with Gasteiger partial charge in [0.2, 0.25) is 5.91 Å². The van der Waals surface area contributed by atoms with E-state index in [-0.39, 0.29) is 5.91 Å². The molecule has 2 rings (SSSR count). The van der Waals surface area contributed by atoms with Crippen LogP contribution in [0, 0.1) is 17.2 Å². The van der Waals surface area contributed by atoms with Crippen LogP contribution in [-0.2, 0) is 4.79 Å². The van der Waals surface area contributed by atoms with E-state index in [0.717, 1.165) is 5.56 Å². The normalized spacial score (nSPS) is 10.6. The maximum absolute atomic E-state index is 12.0. The van der Waals surface area contributed by atoms with E-state index in [1.807, 2.05) is 24.3 Å². The Balaban J connectivity index is 2.04. The number of hydrogen-bond donors (Lipinski definition) is 1. The Hall–Kier alpha value is -3.26. The summed E-state index contributed by atoms with van der Waals surface area (Å²) in [6, 6.07) is 14.3. The Morgan fingerprint density at radius 2 is 2.04 bits per heavy atom. The van der Waals surface area contributed by atoms with Crippen molar-refractivity contribution in [1.29, 1.82) is 5.26 Å². The Labute approximate surface area is 153 Å². The molecule has 0 aromatic heterocycles. The Kier molecular flexibility index (Phi) is 6.81. The van der Waals surface area contributed by atoms with Crippen LogP contribution in [-0.4, -0.2) is 19.6 Å². The third-order valence-corrected chi connectivity index (χ3v) is 3.45. The first-order valence-corrected chi connectivity index (χ1v) is 8.32. The van der Waals surface area contributed by atoms with Crippen molar-refractivity contribution in [1.82, 2.24) is 0 Å². The highest BCUT2D eigenvalue weighted by molar-refractivity contribution is 6.02. The topological polar surface area (TPSA) is 71.3 Å². The van der Waals surface area contributed by atoms with E-state index in [0.29, 0.717) is 35.3 Å². The van der Waals surface area contributed by atoms with Crippen LogP contribution in [0.1, 0.15) is 25.0 Å². The molecule has 0 saturated heterocycles. The minimum Gasteiger partial charge on any atom is -0.493 e. The number of carbonyl (C=O) groups is 1. The number of nitrogens with zero attached hydrogens (tertiary/aromatic N) is 1. The number of rotatable bonds is 7. The third kappa shape index (κ3) is 5.67. The van der Waals surface area contributed by atoms with E-state index >= 15 is 0 Å². The van der Waals surface area contributed by atoms with Crippen molar-refractivity contribution >= 4 is 17.7 Å². The molecule has 1 N–H and O–H groups in total. The first kappa shape index (κ1) is 19.1. The van der Waals surface area contributed by atoms with Crippen LogP contribution in [0.15, 0.2) is 48.5 Å². The minimum atomic E-state index is -0.279. The van der Waals surface area contributed by atoms with Crippen molar-refractivity contribution in [2.45, 2.75) is 13.8 Å². The number of nitrogens with one attached hydrogen (secondary N) is 1. The SMILES string of the molecule is COc1cc(C=CC(=O)Nc2cccc(C#N)c2)ccc1OCC(C)C. The van der Waals surface area contributed by atoms with Crippen molar-refractivity contribution in [3.63, 3.8) is 0 Å². The van der Waals surface area contributed by atoms with Gasteiger partial charge in [0.25, 0.3) is 0 Å². The fourth-order valence-corrected chi connectivity index (χ4v) is 2.19. The van der Waals surface area contributed by atoms with Crippen LogP contribution in [0.25, 0.3) is 6.08 Å². The predicted octanol–water partition coefficient (Wildman–Crippen LogP) is 4.25. The highest BCUT2D eigenvalue weighted by Crippen LogP contribution is 2.29. The van der Waals surface area contributed by atoms with Gasteiger partial charge in [0.15, 0.2) is 11.5 Å². The van der Waals surface area contributed by atoms with Gasteiger partial charge in [-0.05, 0) is 47.9 Å². The minimum absolute atomic E-state index is 0.279. The molecule has 26 heavy (non-hydrogen) atoms. The van der Waals surface area contributed by atoms with Crippen LogP contribution >= 0.6 is 0 Å². The molecule has 0 aliphatic heterocycles. The first-order chi connectivity index (χ1) is 12.5. The largest absolute Gasteiger partial charge is 0.493 e. The van der Waals surface area contributed by atoms with E-state index in [2.05, 4.69) is 19.2 Å². The van der Waals surface area contributed by atoms with Gasteiger partial charge in [-0.25, -0.2) is 0 Å². The lowest BCUT2D eigenvalue weighted by atomic mass is 10.1. The molecule has 2 aromatic rings. The molecule has 1 amide bonds. The second-order valence-corrected chi connectivity index (χ2v) is 6.13. The monoisotopic (exact) mass is 350 g/mol. The molecule has 0 unspecified atom stereocenters. The Morgan fingerprint density at radius 1 is 1.23 bits per heavy atom. The molecular formula is C21H22N2O3. The molecule has 5 nitrogen and oxygen atoms in total. The number of methoxy groups -OCH3 is 1. The number of carbonyl (C=O) groups excluding carboxylic acids is 1. The molecule has 0 bridgehead atoms. The third-order valence-electron chi connectivity index (χ3n) is 3.45. The van der Waals surface area contributed by atoms with Gasteiger partial charge in [-0.3, -0.25) is 4.79 Å². The molecule has 134 valence electrons. The summed E-state index contributed by atoms with van der Waals surface area (Å²) in [7, 11) is 1.58. The van der Waals surface area contributed by atoms with Crippen molar-refractivity contribution in [2.24, 2.45) is 5.92 Å². The van der Waals surface area contributed by atoms with Crippen LogP contribution in [0.3, 0.4) is 0 Å². The number of hydrogen-bond acceptors (Lipinski definition) is 4. The lowest BCUT2D eigenvalue weighted by Crippen LogP contribution is -2.07. The number of amides is 1. The average Bonchev–Trinajstić information content (AvgIpc) is 2.65. The second-order valence-electron chi connectivity index (χ2n) is 6.13. The molecule has 5 heteroatoms. The number of anilines is 1. The molecule has 0 radical (unpaired) electrons. The summed E-state index contributed by atoms with van der Waals surface area (Å²) in [6.07, 6.45) is 3.13. The van der Waals surface area contributed by atoms with Crippen molar-refractivity contribution in [3.8, 4) is 17.6 Å². The zero-order valence-electron chi connectivity index (χ0n) is 15.2. The summed E-state index contributed by atoms with van der Waals surface area (Å²) >= 11 is 0. The first-order valence-electron chi connectivity index (χ1n) is 8.32. The van der Waals surface area contributed by atoms with Gasteiger partial charge in [-0.15, -0.1) is 0 Å².